The van der Waals surface area contributed by atoms with Crippen molar-refractivity contribution in [3.63, 3.8) is 0 Å². The van der Waals surface area contributed by atoms with Crippen LogP contribution < -0.4 is 5.32 Å². The Kier molecular flexibility index (Phi) is 4.39. The number of carbonyl (C=O) groups excluding carboxylic acids is 2. The minimum atomic E-state index is -0.311. The van der Waals surface area contributed by atoms with Crippen molar-refractivity contribution in [2.45, 2.75) is 19.8 Å². The Bertz CT molecular complexity index is 218. The zero-order chi connectivity index (χ0) is 10.4. The van der Waals surface area contributed by atoms with Crippen molar-refractivity contribution in [3.05, 3.63) is 0 Å². The van der Waals surface area contributed by atoms with Gasteiger partial charge in [-0.25, -0.2) is 4.79 Å². The molecule has 1 rings (SSSR count). The molecule has 0 aliphatic carbocycles. The second kappa shape index (κ2) is 5.59. The Hall–Kier alpha value is -1.10. The number of hydrogen-bond donors (Lipinski definition) is 1. The fourth-order valence-electron chi connectivity index (χ4n) is 1.19. The van der Waals surface area contributed by atoms with Crippen LogP contribution in [0.4, 0.5) is 4.79 Å². The molecule has 1 aliphatic rings. The molecule has 1 aliphatic heterocycles. The predicted molar refractivity (Wildman–Crippen MR) is 50.8 cm³/mol. The Morgan fingerprint density at radius 2 is 2.21 bits per heavy atom. The van der Waals surface area contributed by atoms with Crippen LogP contribution in [-0.2, 0) is 9.53 Å². The highest BCUT2D eigenvalue weighted by atomic mass is 16.5. The van der Waals surface area contributed by atoms with Gasteiger partial charge in [0.2, 0.25) is 5.91 Å². The molecule has 0 aromatic carbocycles. The monoisotopic (exact) mass is 200 g/mol. The van der Waals surface area contributed by atoms with Crippen molar-refractivity contribution in [2.75, 3.05) is 26.3 Å². The zero-order valence-corrected chi connectivity index (χ0v) is 8.41. The molecule has 80 valence electrons. The summed E-state index contributed by atoms with van der Waals surface area (Å²) in [6.07, 6.45) is 2.13. The molecule has 0 atom stereocenters. The molecule has 1 N–H and O–H groups in total. The fourth-order valence-corrected chi connectivity index (χ4v) is 1.19. The first-order chi connectivity index (χ1) is 6.74. The zero-order valence-electron chi connectivity index (χ0n) is 8.41. The number of urea groups is 1. The van der Waals surface area contributed by atoms with Gasteiger partial charge < -0.3 is 9.64 Å². The van der Waals surface area contributed by atoms with E-state index in [0.717, 1.165) is 19.4 Å². The topological polar surface area (TPSA) is 58.6 Å². The van der Waals surface area contributed by atoms with Gasteiger partial charge in [0.1, 0.15) is 6.54 Å². The molecular weight excluding hydrogens is 184 g/mol. The van der Waals surface area contributed by atoms with E-state index < -0.39 is 0 Å². The van der Waals surface area contributed by atoms with Gasteiger partial charge in [-0.05, 0) is 6.42 Å². The standard InChI is InChI=1S/C9H16N2O3/c1-2-3-5-14-6-4-11-7-8(12)10-9(11)13/h2-7H2,1H3,(H,10,12,13). The lowest BCUT2D eigenvalue weighted by molar-refractivity contribution is -0.118. The minimum Gasteiger partial charge on any atom is -0.380 e. The lowest BCUT2D eigenvalue weighted by atomic mass is 10.4. The second-order valence-electron chi connectivity index (χ2n) is 3.24. The van der Waals surface area contributed by atoms with Gasteiger partial charge in [-0.2, -0.15) is 0 Å². The molecule has 0 bridgehead atoms. The van der Waals surface area contributed by atoms with E-state index in [9.17, 15) is 9.59 Å². The minimum absolute atomic E-state index is 0.163. The van der Waals surface area contributed by atoms with Crippen LogP contribution in [0.15, 0.2) is 0 Å². The van der Waals surface area contributed by atoms with Crippen LogP contribution in [0.2, 0.25) is 0 Å². The molecule has 0 spiro atoms. The number of ether oxygens (including phenoxy) is 1. The van der Waals surface area contributed by atoms with Crippen LogP contribution in [0.1, 0.15) is 19.8 Å². The van der Waals surface area contributed by atoms with Gasteiger partial charge in [-0.15, -0.1) is 0 Å². The van der Waals surface area contributed by atoms with Crippen LogP contribution in [0.5, 0.6) is 0 Å². The second-order valence-corrected chi connectivity index (χ2v) is 3.24. The summed E-state index contributed by atoms with van der Waals surface area (Å²) in [5, 5.41) is 2.21. The number of carbonyl (C=O) groups is 2. The number of rotatable bonds is 6. The number of nitrogens with one attached hydrogen (secondary N) is 1. The van der Waals surface area contributed by atoms with Gasteiger partial charge >= 0.3 is 6.03 Å². The molecule has 0 radical (unpaired) electrons. The van der Waals surface area contributed by atoms with Crippen molar-refractivity contribution < 1.29 is 14.3 Å². The summed E-state index contributed by atoms with van der Waals surface area (Å²) in [5.74, 6) is -0.233. The van der Waals surface area contributed by atoms with Gasteiger partial charge in [0, 0.05) is 13.2 Å². The Labute approximate surface area is 83.4 Å². The normalized spacial score (nSPS) is 16.2. The highest BCUT2D eigenvalue weighted by Crippen LogP contribution is 1.97. The first kappa shape index (κ1) is 11.0. The Morgan fingerprint density at radius 3 is 2.79 bits per heavy atom. The van der Waals surface area contributed by atoms with Crippen molar-refractivity contribution in [1.29, 1.82) is 0 Å². The molecule has 5 heteroatoms. The number of hydrogen-bond acceptors (Lipinski definition) is 3. The first-order valence-corrected chi connectivity index (χ1v) is 4.90. The van der Waals surface area contributed by atoms with Crippen LogP contribution in [-0.4, -0.2) is 43.1 Å². The summed E-state index contributed by atoms with van der Waals surface area (Å²) in [7, 11) is 0. The third-order valence-corrected chi connectivity index (χ3v) is 2.02. The van der Waals surface area contributed by atoms with Crippen LogP contribution in [0, 0.1) is 0 Å². The molecular formula is C9H16N2O3. The predicted octanol–water partition coefficient (Wildman–Crippen LogP) is 0.355. The highest BCUT2D eigenvalue weighted by molar-refractivity contribution is 6.01. The number of amides is 3. The summed E-state index contributed by atoms with van der Waals surface area (Å²) in [6, 6.07) is -0.311. The third-order valence-electron chi connectivity index (χ3n) is 2.02. The van der Waals surface area contributed by atoms with Gasteiger partial charge in [-0.1, -0.05) is 13.3 Å². The van der Waals surface area contributed by atoms with Crippen molar-refractivity contribution in [3.8, 4) is 0 Å². The van der Waals surface area contributed by atoms with E-state index in [-0.39, 0.29) is 18.5 Å². The van der Waals surface area contributed by atoms with E-state index >= 15 is 0 Å². The van der Waals surface area contributed by atoms with E-state index in [2.05, 4.69) is 12.2 Å². The third kappa shape index (κ3) is 3.33. The Balaban J connectivity index is 2.07. The van der Waals surface area contributed by atoms with Crippen LogP contribution >= 0.6 is 0 Å². The lowest BCUT2D eigenvalue weighted by Gasteiger charge is -2.12. The van der Waals surface area contributed by atoms with Crippen molar-refractivity contribution >= 4 is 11.9 Å². The average Bonchev–Trinajstić information content (AvgIpc) is 2.45. The summed E-state index contributed by atoms with van der Waals surface area (Å²) < 4.78 is 5.29. The summed E-state index contributed by atoms with van der Waals surface area (Å²) in [5.41, 5.74) is 0. The molecule has 1 saturated heterocycles. The van der Waals surface area contributed by atoms with E-state index in [4.69, 9.17) is 4.74 Å². The molecule has 0 unspecified atom stereocenters. The maximum absolute atomic E-state index is 11.0. The lowest BCUT2D eigenvalue weighted by Crippen LogP contribution is -2.31. The van der Waals surface area contributed by atoms with Crippen LogP contribution in [0.25, 0.3) is 0 Å². The molecule has 1 heterocycles. The Morgan fingerprint density at radius 1 is 1.43 bits per heavy atom. The molecule has 0 aromatic heterocycles. The highest BCUT2D eigenvalue weighted by Gasteiger charge is 2.25. The van der Waals surface area contributed by atoms with E-state index in [0.29, 0.717) is 13.2 Å². The molecule has 5 nitrogen and oxygen atoms in total. The maximum atomic E-state index is 11.0. The number of unbranched alkanes of at least 4 members (excludes halogenated alkanes) is 1. The number of imide groups is 1. The molecule has 0 saturated carbocycles. The first-order valence-electron chi connectivity index (χ1n) is 4.90. The van der Waals surface area contributed by atoms with E-state index in [1.54, 1.807) is 0 Å². The fraction of sp³-hybridized carbons (Fsp3) is 0.778. The van der Waals surface area contributed by atoms with Crippen molar-refractivity contribution in [2.24, 2.45) is 0 Å². The smallest absolute Gasteiger partial charge is 0.324 e. The van der Waals surface area contributed by atoms with E-state index in [1.165, 1.54) is 4.90 Å². The van der Waals surface area contributed by atoms with Gasteiger partial charge in [-0.3, -0.25) is 10.1 Å². The summed E-state index contributed by atoms with van der Waals surface area (Å²) >= 11 is 0. The molecule has 14 heavy (non-hydrogen) atoms. The molecule has 0 aromatic rings. The summed E-state index contributed by atoms with van der Waals surface area (Å²) in [4.78, 5) is 23.3. The largest absolute Gasteiger partial charge is 0.380 e. The number of nitrogens with zero attached hydrogens (tertiary/aromatic N) is 1. The van der Waals surface area contributed by atoms with Gasteiger partial charge in [0.05, 0.1) is 6.61 Å². The van der Waals surface area contributed by atoms with Gasteiger partial charge in [0.15, 0.2) is 0 Å². The SMILES string of the molecule is CCCCOCCN1CC(=O)NC1=O. The maximum Gasteiger partial charge on any atom is 0.324 e. The van der Waals surface area contributed by atoms with Gasteiger partial charge in [0.25, 0.3) is 0 Å². The molecule has 3 amide bonds. The quantitative estimate of drug-likeness (QED) is 0.497. The summed E-state index contributed by atoms with van der Waals surface area (Å²) in [6.45, 7) is 3.97. The van der Waals surface area contributed by atoms with Crippen molar-refractivity contribution in [1.82, 2.24) is 10.2 Å². The average molecular weight is 200 g/mol. The van der Waals surface area contributed by atoms with Crippen LogP contribution in [0.3, 0.4) is 0 Å². The van der Waals surface area contributed by atoms with E-state index in [1.807, 2.05) is 0 Å². The molecule has 1 fully saturated rings.